The summed E-state index contributed by atoms with van der Waals surface area (Å²) in [5, 5.41) is 24.4. The number of fused-ring (bicyclic) bond motifs is 5. The van der Waals surface area contributed by atoms with Crippen molar-refractivity contribution in [1.29, 1.82) is 0 Å². The predicted octanol–water partition coefficient (Wildman–Crippen LogP) is 5.60. The summed E-state index contributed by atoms with van der Waals surface area (Å²) in [6.45, 7) is 13.5. The van der Waals surface area contributed by atoms with Crippen LogP contribution in [0.25, 0.3) is 6.08 Å². The Kier molecular flexibility index (Phi) is 15.6. The van der Waals surface area contributed by atoms with Crippen LogP contribution in [0, 0.1) is 17.8 Å². The number of hydrogen-bond acceptors (Lipinski definition) is 11. The zero-order chi connectivity index (χ0) is 40.8. The van der Waals surface area contributed by atoms with E-state index in [4.69, 9.17) is 35.3 Å². The highest BCUT2D eigenvalue weighted by Gasteiger charge is 2.51. The number of esters is 1. The van der Waals surface area contributed by atoms with Gasteiger partial charge in [0.15, 0.2) is 12.1 Å². The van der Waals surface area contributed by atoms with Crippen molar-refractivity contribution >= 4 is 41.0 Å². The minimum Gasteiger partial charge on any atom is -0.459 e. The molecule has 1 amide bonds. The fraction of sp³-hybridized carbons (Fsp3) is 0.667. The summed E-state index contributed by atoms with van der Waals surface area (Å²) in [6.07, 6.45) is 1.04. The molecule has 0 aliphatic carbocycles. The lowest BCUT2D eigenvalue weighted by atomic mass is 9.76. The highest BCUT2D eigenvalue weighted by Crippen LogP contribution is 2.39. The van der Waals surface area contributed by atoms with Crippen LogP contribution in [0.1, 0.15) is 86.6 Å². The molecule has 2 bridgehead atoms. The average Bonchev–Trinajstić information content (AvgIpc) is 3.14. The van der Waals surface area contributed by atoms with Gasteiger partial charge in [-0.25, -0.2) is 4.99 Å². The molecule has 55 heavy (non-hydrogen) atoms. The highest BCUT2D eigenvalue weighted by molar-refractivity contribution is 6.30. The number of benzene rings is 1. The van der Waals surface area contributed by atoms with Crippen LogP contribution >= 0.6 is 11.6 Å². The Morgan fingerprint density at radius 1 is 1.11 bits per heavy atom. The number of Topliss-reactive ketones (excluding diaryl/α,β-unsaturated/α-hetero) is 1. The van der Waals surface area contributed by atoms with Gasteiger partial charge in [-0.3, -0.25) is 14.4 Å². The van der Waals surface area contributed by atoms with Crippen molar-refractivity contribution in [3.05, 3.63) is 52.6 Å². The molecule has 306 valence electrons. The molecule has 2 N–H and O–H groups in total. The Labute approximate surface area is 331 Å². The number of ether oxygens (including phenoxy) is 5. The first kappa shape index (κ1) is 44.9. The molecule has 0 saturated carbocycles. The number of allylic oxidation sites excluding steroid dienone is 2. The van der Waals surface area contributed by atoms with E-state index in [9.17, 15) is 24.6 Å². The molecule has 12 atom stereocenters. The number of hydrogen-bond donors (Lipinski definition) is 2. The minimum atomic E-state index is -1.76. The third kappa shape index (κ3) is 11.2. The molecule has 0 aromatic heterocycles. The Hall–Kier alpha value is -2.81. The Balaban J connectivity index is 1.93. The maximum absolute atomic E-state index is 14.4. The topological polar surface area (TPSA) is 153 Å². The molecule has 0 spiro atoms. The summed E-state index contributed by atoms with van der Waals surface area (Å²) < 4.78 is 32.4. The van der Waals surface area contributed by atoms with Crippen LogP contribution in [0.15, 0.2) is 47.0 Å². The fourth-order valence-corrected chi connectivity index (χ4v) is 8.08. The number of aliphatic hydroxyl groups is 2. The van der Waals surface area contributed by atoms with E-state index in [1.165, 1.54) is 13.8 Å². The molecule has 1 aromatic carbocycles. The smallest absolute Gasteiger partial charge is 0.316 e. The molecule has 4 rings (SSSR count). The summed E-state index contributed by atoms with van der Waals surface area (Å²) in [5.41, 5.74) is -1.01. The molecule has 1 aromatic rings. The van der Waals surface area contributed by atoms with Gasteiger partial charge in [0, 0.05) is 36.0 Å². The zero-order valence-corrected chi connectivity index (χ0v) is 34.7. The molecule has 3 aliphatic heterocycles. The first-order valence-corrected chi connectivity index (χ1v) is 19.7. The SMILES string of the molecule is CC[C@H]1OC(=O)[C@H](C)C(=O)[C@H](C)[C@@H](O[C@@H]2O[C@H](C)C[C@H](N(C)C)[C@H]2O)[C@@]2(C)C[C@@H](C)C(=NC(C)=O)C[C@@H](OC/C(=C/C=C/c3ccc(Cl)cc3)CO2)[C@]1(C)O. The molecule has 0 radical (unpaired) electrons. The van der Waals surface area contributed by atoms with E-state index in [1.807, 2.05) is 70.1 Å². The first-order chi connectivity index (χ1) is 25.8. The zero-order valence-electron chi connectivity index (χ0n) is 34.0. The normalized spacial score (nSPS) is 38.8. The van der Waals surface area contributed by atoms with Gasteiger partial charge >= 0.3 is 5.97 Å². The van der Waals surface area contributed by atoms with Gasteiger partial charge < -0.3 is 38.8 Å². The molecule has 12 nitrogen and oxygen atoms in total. The lowest BCUT2D eigenvalue weighted by Gasteiger charge is -2.47. The first-order valence-electron chi connectivity index (χ1n) is 19.3. The van der Waals surface area contributed by atoms with Crippen molar-refractivity contribution in [2.45, 2.75) is 135 Å². The van der Waals surface area contributed by atoms with Crippen LogP contribution in [0.4, 0.5) is 0 Å². The maximum atomic E-state index is 14.4. The molecule has 3 fully saturated rings. The lowest BCUT2D eigenvalue weighted by molar-refractivity contribution is -0.296. The van der Waals surface area contributed by atoms with Gasteiger partial charge in [0.25, 0.3) is 0 Å². The van der Waals surface area contributed by atoms with E-state index in [0.717, 1.165) is 5.56 Å². The van der Waals surface area contributed by atoms with E-state index in [-0.39, 0.29) is 44.6 Å². The van der Waals surface area contributed by atoms with Gasteiger partial charge in [0.2, 0.25) is 5.91 Å². The highest BCUT2D eigenvalue weighted by atomic mass is 35.5. The number of ketones is 1. The summed E-state index contributed by atoms with van der Waals surface area (Å²) in [4.78, 5) is 47.2. The second kappa shape index (κ2) is 19.1. The molecular weight excluding hydrogens is 728 g/mol. The maximum Gasteiger partial charge on any atom is 0.316 e. The largest absolute Gasteiger partial charge is 0.459 e. The van der Waals surface area contributed by atoms with E-state index in [0.29, 0.717) is 22.7 Å². The molecule has 3 heterocycles. The van der Waals surface area contributed by atoms with Gasteiger partial charge in [-0.2, -0.15) is 0 Å². The number of aliphatic hydroxyl groups excluding tert-OH is 1. The van der Waals surface area contributed by atoms with Crippen molar-refractivity contribution < 1.29 is 48.3 Å². The van der Waals surface area contributed by atoms with Crippen LogP contribution in [0.5, 0.6) is 0 Å². The number of carbonyl (C=O) groups excluding carboxylic acids is 3. The van der Waals surface area contributed by atoms with Gasteiger partial charge in [-0.1, -0.05) is 62.7 Å². The second-order valence-corrected chi connectivity index (χ2v) is 16.6. The quantitative estimate of drug-likeness (QED) is 0.274. The number of rotatable bonds is 6. The number of carbonyl (C=O) groups is 3. The molecule has 3 aliphatic rings. The molecule has 3 saturated heterocycles. The standard InChI is InChI=1S/C42H61ClN2O10/c1-11-34-42(8,50)35-20-32(44-28(6)46)24(2)21-41(7,52-23-30(22-51-35)14-12-13-29-15-17-31(43)18-16-29)38(26(4)36(47)27(5)39(49)54-34)55-40-37(48)33(45(9)10)19-25(3)53-40/h12-18,24-27,33-35,37-38,40,48,50H,11,19-23H2,1-10H3/b13-12+,30-14-,44-32?/t24-,25-,26+,27-,33+,34-,35-,37-,38-,40+,41-,42-/m1/s1. The molecule has 0 unspecified atom stereocenters. The molecular formula is C42H61ClN2O10. The van der Waals surface area contributed by atoms with Crippen molar-refractivity contribution in [3.8, 4) is 0 Å². The van der Waals surface area contributed by atoms with Crippen molar-refractivity contribution in [2.24, 2.45) is 22.7 Å². The van der Waals surface area contributed by atoms with E-state index >= 15 is 0 Å². The van der Waals surface area contributed by atoms with Crippen LogP contribution in [-0.4, -0.2) is 120 Å². The van der Waals surface area contributed by atoms with Gasteiger partial charge in [0.1, 0.15) is 23.7 Å². The average molecular weight is 789 g/mol. The van der Waals surface area contributed by atoms with E-state index in [2.05, 4.69) is 4.99 Å². The third-order valence-electron chi connectivity index (χ3n) is 11.3. The number of aliphatic imine (C=N–C) groups is 1. The second-order valence-electron chi connectivity index (χ2n) is 16.2. The Bertz CT molecular complexity index is 1590. The number of halogens is 1. The Morgan fingerprint density at radius 2 is 1.78 bits per heavy atom. The van der Waals surface area contributed by atoms with Crippen LogP contribution in [0.2, 0.25) is 5.02 Å². The van der Waals surface area contributed by atoms with Gasteiger partial charge in [0.05, 0.1) is 37.1 Å². The van der Waals surface area contributed by atoms with Gasteiger partial charge in [-0.05, 0) is 90.2 Å². The number of amides is 1. The van der Waals surface area contributed by atoms with Crippen LogP contribution in [-0.2, 0) is 38.1 Å². The van der Waals surface area contributed by atoms with E-state index in [1.54, 1.807) is 32.9 Å². The number of cyclic esters (lactones) is 1. The summed E-state index contributed by atoms with van der Waals surface area (Å²) in [7, 11) is 3.75. The van der Waals surface area contributed by atoms with Crippen molar-refractivity contribution in [2.75, 3.05) is 27.3 Å². The third-order valence-corrected chi connectivity index (χ3v) is 11.6. The molecule has 13 heteroatoms. The summed E-state index contributed by atoms with van der Waals surface area (Å²) in [6, 6.07) is 7.09. The van der Waals surface area contributed by atoms with Crippen LogP contribution < -0.4 is 0 Å². The predicted molar refractivity (Wildman–Crippen MR) is 211 cm³/mol. The number of nitrogens with zero attached hydrogens (tertiary/aromatic N) is 2. The lowest BCUT2D eigenvalue weighted by Crippen LogP contribution is -2.59. The Morgan fingerprint density at radius 3 is 2.40 bits per heavy atom. The van der Waals surface area contributed by atoms with Crippen molar-refractivity contribution in [3.63, 3.8) is 0 Å². The van der Waals surface area contributed by atoms with Crippen LogP contribution in [0.3, 0.4) is 0 Å². The number of likely N-dealkylation sites (N-methyl/N-ethyl adjacent to an activating group) is 1. The van der Waals surface area contributed by atoms with E-state index < -0.39 is 77.3 Å². The summed E-state index contributed by atoms with van der Waals surface area (Å²) >= 11 is 6.10. The minimum absolute atomic E-state index is 0.00312. The fourth-order valence-electron chi connectivity index (χ4n) is 7.95. The monoisotopic (exact) mass is 788 g/mol. The van der Waals surface area contributed by atoms with Crippen molar-refractivity contribution in [1.82, 2.24) is 4.90 Å². The summed E-state index contributed by atoms with van der Waals surface area (Å²) in [5.74, 6) is -4.35. The van der Waals surface area contributed by atoms with Gasteiger partial charge in [-0.15, -0.1) is 0 Å².